The summed E-state index contributed by atoms with van der Waals surface area (Å²) in [6.45, 7) is 13.2. The number of hydrogen-bond donors (Lipinski definition) is 0. The molecule has 0 radical (unpaired) electrons. The Balaban J connectivity index is 2.03. The molecule has 0 amide bonds. The van der Waals surface area contributed by atoms with Gasteiger partial charge in [-0.3, -0.25) is 0 Å². The van der Waals surface area contributed by atoms with Crippen LogP contribution in [0.4, 0.5) is 0 Å². The molecular weight excluding hydrogens is 270 g/mol. The highest BCUT2D eigenvalue weighted by atomic mass is 28.3. The van der Waals surface area contributed by atoms with E-state index < -0.39 is 8.07 Å². The van der Waals surface area contributed by atoms with Crippen LogP contribution in [0.3, 0.4) is 0 Å². The average molecular weight is 308 g/mol. The molecule has 1 unspecified atom stereocenters. The fourth-order valence-electron chi connectivity index (χ4n) is 5.55. The summed E-state index contributed by atoms with van der Waals surface area (Å²) < 4.78 is 0. The Bertz CT molecular complexity index is 318. The molecule has 2 rings (SSSR count). The molecule has 2 saturated heterocycles. The molecule has 0 aliphatic carbocycles. The van der Waals surface area contributed by atoms with Crippen molar-refractivity contribution in [3.8, 4) is 0 Å². The molecule has 2 heterocycles. The lowest BCUT2D eigenvalue weighted by molar-refractivity contribution is 0.336. The Kier molecular flexibility index (Phi) is 6.55. The first-order valence-corrected chi connectivity index (χ1v) is 12.2. The summed E-state index contributed by atoms with van der Waals surface area (Å²) in [6.07, 6.45) is 14.0. The lowest BCUT2D eigenvalue weighted by Crippen LogP contribution is -2.49. The second-order valence-corrected chi connectivity index (χ2v) is 12.6. The first-order chi connectivity index (χ1) is 10.2. The van der Waals surface area contributed by atoms with Crippen LogP contribution in [-0.4, -0.2) is 32.6 Å². The minimum Gasteiger partial charge on any atom is -0.303 e. The van der Waals surface area contributed by atoms with Crippen LogP contribution in [0.5, 0.6) is 0 Å². The molecule has 0 aromatic carbocycles. The maximum Gasteiger partial charge on any atom is 0.0635 e. The van der Waals surface area contributed by atoms with Gasteiger partial charge >= 0.3 is 0 Å². The van der Waals surface area contributed by atoms with Gasteiger partial charge in [-0.1, -0.05) is 57.7 Å². The van der Waals surface area contributed by atoms with Gasteiger partial charge in [-0.15, -0.1) is 6.58 Å². The van der Waals surface area contributed by atoms with E-state index in [0.717, 1.165) is 5.04 Å². The zero-order valence-electron chi connectivity index (χ0n) is 14.6. The summed E-state index contributed by atoms with van der Waals surface area (Å²) in [5.74, 6) is 0. The topological polar surface area (TPSA) is 3.24 Å². The number of rotatable bonds is 8. The molecule has 1 atom stereocenters. The highest BCUT2D eigenvalue weighted by Crippen LogP contribution is 2.58. The van der Waals surface area contributed by atoms with Crippen molar-refractivity contribution in [3.05, 3.63) is 12.7 Å². The van der Waals surface area contributed by atoms with Gasteiger partial charge in [-0.25, -0.2) is 0 Å². The number of allylic oxidation sites excluding steroid dienone is 1. The van der Waals surface area contributed by atoms with E-state index in [9.17, 15) is 0 Å². The van der Waals surface area contributed by atoms with Gasteiger partial charge in [0.25, 0.3) is 0 Å². The van der Waals surface area contributed by atoms with E-state index in [1.54, 1.807) is 12.1 Å². The summed E-state index contributed by atoms with van der Waals surface area (Å²) in [7, 11) is -1.18. The smallest absolute Gasteiger partial charge is 0.0635 e. The molecule has 1 nitrogen and oxygen atoms in total. The average Bonchev–Trinajstić information content (AvgIpc) is 3.02. The van der Waals surface area contributed by atoms with Gasteiger partial charge in [-0.05, 0) is 56.4 Å². The van der Waals surface area contributed by atoms with E-state index in [1.165, 1.54) is 77.0 Å². The Morgan fingerprint density at radius 1 is 1.10 bits per heavy atom. The Morgan fingerprint density at radius 2 is 1.81 bits per heavy atom. The van der Waals surface area contributed by atoms with Crippen molar-refractivity contribution in [2.75, 3.05) is 19.6 Å². The molecule has 2 aliphatic heterocycles. The van der Waals surface area contributed by atoms with E-state index in [-0.39, 0.29) is 0 Å². The van der Waals surface area contributed by atoms with Crippen LogP contribution < -0.4 is 0 Å². The summed E-state index contributed by atoms with van der Waals surface area (Å²) in [5.41, 5.74) is 0. The van der Waals surface area contributed by atoms with Crippen molar-refractivity contribution in [2.24, 2.45) is 0 Å². The van der Waals surface area contributed by atoms with Crippen molar-refractivity contribution in [1.29, 1.82) is 0 Å². The molecule has 122 valence electrons. The largest absolute Gasteiger partial charge is 0.303 e. The van der Waals surface area contributed by atoms with Crippen LogP contribution >= 0.6 is 0 Å². The van der Waals surface area contributed by atoms with Gasteiger partial charge in [0.05, 0.1) is 8.07 Å². The van der Waals surface area contributed by atoms with E-state index >= 15 is 0 Å². The third-order valence-corrected chi connectivity index (χ3v) is 13.8. The molecule has 2 heteroatoms. The third kappa shape index (κ3) is 3.64. The molecule has 0 bridgehead atoms. The predicted molar refractivity (Wildman–Crippen MR) is 97.8 cm³/mol. The van der Waals surface area contributed by atoms with Gasteiger partial charge in [0.15, 0.2) is 0 Å². The molecule has 0 aromatic heterocycles. The van der Waals surface area contributed by atoms with Gasteiger partial charge < -0.3 is 4.90 Å². The summed E-state index contributed by atoms with van der Waals surface area (Å²) in [6, 6.07) is 4.53. The van der Waals surface area contributed by atoms with Crippen LogP contribution in [0.15, 0.2) is 12.7 Å². The summed E-state index contributed by atoms with van der Waals surface area (Å²) >= 11 is 0. The lowest BCUT2D eigenvalue weighted by Gasteiger charge is -2.53. The molecule has 2 fully saturated rings. The molecule has 0 N–H and O–H groups in total. The minimum absolute atomic E-state index is 0.727. The maximum atomic E-state index is 4.14. The van der Waals surface area contributed by atoms with E-state index in [0.29, 0.717) is 0 Å². The molecule has 0 aromatic rings. The SMILES string of the molecule is C=CC[Si]1(CCCN2CCCC2)CCCCC1(CC)CC. The minimum atomic E-state index is -1.18. The number of likely N-dealkylation sites (tertiary alicyclic amines) is 1. The van der Waals surface area contributed by atoms with Gasteiger partial charge in [0.2, 0.25) is 0 Å². The number of hydrogen-bond acceptors (Lipinski definition) is 1. The Hall–Kier alpha value is -0.0831. The van der Waals surface area contributed by atoms with Crippen LogP contribution in [0.2, 0.25) is 23.2 Å². The fraction of sp³-hybridized carbons (Fsp3) is 0.895. The van der Waals surface area contributed by atoms with Crippen molar-refractivity contribution >= 4 is 8.07 Å². The third-order valence-electron chi connectivity index (χ3n) is 6.90. The fourth-order valence-corrected chi connectivity index (χ4v) is 12.2. The highest BCUT2D eigenvalue weighted by Gasteiger charge is 2.50. The Morgan fingerprint density at radius 3 is 2.43 bits per heavy atom. The van der Waals surface area contributed by atoms with Crippen LogP contribution in [0, 0.1) is 0 Å². The summed E-state index contributed by atoms with van der Waals surface area (Å²) in [5, 5.41) is 0.727. The van der Waals surface area contributed by atoms with Crippen LogP contribution in [-0.2, 0) is 0 Å². The highest BCUT2D eigenvalue weighted by molar-refractivity contribution is 6.83. The normalized spacial score (nSPS) is 29.6. The molecule has 21 heavy (non-hydrogen) atoms. The predicted octanol–water partition coefficient (Wildman–Crippen LogP) is 5.85. The van der Waals surface area contributed by atoms with Crippen molar-refractivity contribution in [1.82, 2.24) is 4.90 Å². The zero-order valence-corrected chi connectivity index (χ0v) is 15.6. The molecular formula is C19H37NSi. The second-order valence-electron chi connectivity index (χ2n) is 7.62. The van der Waals surface area contributed by atoms with E-state index in [4.69, 9.17) is 0 Å². The van der Waals surface area contributed by atoms with E-state index in [1.807, 2.05) is 0 Å². The van der Waals surface area contributed by atoms with Gasteiger partial charge in [0.1, 0.15) is 0 Å². The van der Waals surface area contributed by atoms with Crippen molar-refractivity contribution in [3.63, 3.8) is 0 Å². The molecule has 0 saturated carbocycles. The van der Waals surface area contributed by atoms with E-state index in [2.05, 4.69) is 31.4 Å². The second kappa shape index (κ2) is 7.96. The molecule has 0 spiro atoms. The lowest BCUT2D eigenvalue weighted by atomic mass is 9.94. The van der Waals surface area contributed by atoms with Crippen molar-refractivity contribution in [2.45, 2.75) is 88.4 Å². The molecule has 2 aliphatic rings. The van der Waals surface area contributed by atoms with Crippen LogP contribution in [0.1, 0.15) is 65.2 Å². The summed E-state index contributed by atoms with van der Waals surface area (Å²) in [4.78, 5) is 2.71. The monoisotopic (exact) mass is 307 g/mol. The quantitative estimate of drug-likeness (QED) is 0.401. The number of nitrogens with zero attached hydrogens (tertiary/aromatic N) is 1. The van der Waals surface area contributed by atoms with Crippen LogP contribution in [0.25, 0.3) is 0 Å². The zero-order chi connectivity index (χ0) is 15.2. The van der Waals surface area contributed by atoms with Gasteiger partial charge in [0, 0.05) is 0 Å². The standard InChI is InChI=1S/C19H37NSi/c1-4-16-21(18-11-15-20-13-8-9-14-20)17-10-7-12-19(21,5-2)6-3/h4H,1,5-18H2,2-3H3. The van der Waals surface area contributed by atoms with Crippen molar-refractivity contribution < 1.29 is 0 Å². The first-order valence-electron chi connectivity index (χ1n) is 9.55. The first kappa shape index (κ1) is 17.3. The van der Waals surface area contributed by atoms with Gasteiger partial charge in [-0.2, -0.15) is 0 Å². The maximum absolute atomic E-state index is 4.14. The Labute approximate surface area is 134 Å².